The largest absolute Gasteiger partial charge is 0.481 e. The Balaban J connectivity index is 2.45. The van der Waals surface area contributed by atoms with Gasteiger partial charge in [-0.2, -0.15) is 0 Å². The van der Waals surface area contributed by atoms with E-state index < -0.39 is 17.3 Å². The van der Waals surface area contributed by atoms with Crippen molar-refractivity contribution in [3.05, 3.63) is 35.6 Å². The average molecular weight is 223 g/mol. The van der Waals surface area contributed by atoms with Gasteiger partial charge in [0.2, 0.25) is 0 Å². The van der Waals surface area contributed by atoms with Crippen molar-refractivity contribution < 1.29 is 14.3 Å². The first-order chi connectivity index (χ1) is 7.55. The third kappa shape index (κ3) is 1.59. The van der Waals surface area contributed by atoms with E-state index in [0.29, 0.717) is 18.7 Å². The lowest BCUT2D eigenvalue weighted by molar-refractivity contribution is -0.142. The molecular weight excluding hydrogens is 209 g/mol. The van der Waals surface area contributed by atoms with E-state index in [2.05, 4.69) is 5.32 Å². The Morgan fingerprint density at radius 1 is 1.56 bits per heavy atom. The van der Waals surface area contributed by atoms with Crippen molar-refractivity contribution in [3.8, 4) is 0 Å². The van der Waals surface area contributed by atoms with E-state index in [1.54, 1.807) is 25.1 Å². The summed E-state index contributed by atoms with van der Waals surface area (Å²) in [5.41, 5.74) is -0.190. The number of benzene rings is 1. The van der Waals surface area contributed by atoms with E-state index in [4.69, 9.17) is 5.11 Å². The normalized spacial score (nSPS) is 29.2. The van der Waals surface area contributed by atoms with Gasteiger partial charge in [0.25, 0.3) is 0 Å². The van der Waals surface area contributed by atoms with E-state index in [9.17, 15) is 9.18 Å². The molecule has 0 bridgehead atoms. The molecule has 0 amide bonds. The van der Waals surface area contributed by atoms with Crippen molar-refractivity contribution in [2.24, 2.45) is 5.92 Å². The monoisotopic (exact) mass is 223 g/mol. The van der Waals surface area contributed by atoms with Crippen LogP contribution >= 0.6 is 0 Å². The number of hydrogen-bond acceptors (Lipinski definition) is 2. The zero-order valence-electron chi connectivity index (χ0n) is 9.03. The molecule has 0 aliphatic carbocycles. The number of nitrogens with one attached hydrogen (secondary N) is 1. The first-order valence-electron chi connectivity index (χ1n) is 5.24. The number of rotatable bonds is 2. The van der Waals surface area contributed by atoms with Crippen LogP contribution in [0.3, 0.4) is 0 Å². The predicted molar refractivity (Wildman–Crippen MR) is 57.7 cm³/mol. The van der Waals surface area contributed by atoms with Gasteiger partial charge in [-0.3, -0.25) is 4.79 Å². The molecule has 2 unspecified atom stereocenters. The molecule has 2 atom stereocenters. The number of carboxylic acids is 1. The van der Waals surface area contributed by atoms with Crippen molar-refractivity contribution in [2.75, 3.05) is 13.1 Å². The Morgan fingerprint density at radius 3 is 2.88 bits per heavy atom. The van der Waals surface area contributed by atoms with Crippen LogP contribution in [0.25, 0.3) is 0 Å². The average Bonchev–Trinajstić information content (AvgIpc) is 2.62. The van der Waals surface area contributed by atoms with Gasteiger partial charge in [0.05, 0.1) is 5.92 Å². The van der Waals surface area contributed by atoms with Crippen LogP contribution < -0.4 is 5.32 Å². The molecule has 1 aliphatic rings. The second-order valence-electron chi connectivity index (χ2n) is 4.42. The Kier molecular flexibility index (Phi) is 2.68. The van der Waals surface area contributed by atoms with Crippen LogP contribution in [0.5, 0.6) is 0 Å². The molecule has 0 aromatic heterocycles. The third-order valence-electron chi connectivity index (χ3n) is 3.40. The first kappa shape index (κ1) is 11.1. The van der Waals surface area contributed by atoms with Gasteiger partial charge in [-0.15, -0.1) is 0 Å². The van der Waals surface area contributed by atoms with Crippen LogP contribution in [0.2, 0.25) is 0 Å². The second kappa shape index (κ2) is 3.87. The van der Waals surface area contributed by atoms with Crippen molar-refractivity contribution in [1.82, 2.24) is 5.32 Å². The molecule has 0 radical (unpaired) electrons. The fourth-order valence-corrected chi connectivity index (χ4v) is 2.39. The number of hydrogen-bond donors (Lipinski definition) is 2. The minimum atomic E-state index is -0.879. The van der Waals surface area contributed by atoms with Gasteiger partial charge in [0, 0.05) is 18.5 Å². The standard InChI is InChI=1S/C12H14FNO2/c1-12(7-14-6-9(12)11(15)16)8-4-2-3-5-10(8)13/h2-5,9,14H,6-7H2,1H3,(H,15,16). The Hall–Kier alpha value is -1.42. The molecule has 1 aromatic carbocycles. The highest BCUT2D eigenvalue weighted by Crippen LogP contribution is 2.36. The summed E-state index contributed by atoms with van der Waals surface area (Å²) in [6, 6.07) is 6.39. The Labute approximate surface area is 93.3 Å². The summed E-state index contributed by atoms with van der Waals surface area (Å²) in [6.07, 6.45) is 0. The summed E-state index contributed by atoms with van der Waals surface area (Å²) in [5.74, 6) is -1.79. The maximum Gasteiger partial charge on any atom is 0.308 e. The molecule has 1 heterocycles. The van der Waals surface area contributed by atoms with E-state index in [0.717, 1.165) is 0 Å². The highest BCUT2D eigenvalue weighted by Gasteiger charge is 2.45. The van der Waals surface area contributed by atoms with Gasteiger partial charge in [0.15, 0.2) is 0 Å². The molecule has 1 aliphatic heterocycles. The smallest absolute Gasteiger partial charge is 0.308 e. The van der Waals surface area contributed by atoms with E-state index in [1.165, 1.54) is 6.07 Å². The summed E-state index contributed by atoms with van der Waals surface area (Å²) in [5, 5.41) is 12.2. The lowest BCUT2D eigenvalue weighted by atomic mass is 9.74. The van der Waals surface area contributed by atoms with Gasteiger partial charge in [-0.1, -0.05) is 25.1 Å². The molecule has 1 aromatic rings. The van der Waals surface area contributed by atoms with Gasteiger partial charge in [-0.05, 0) is 11.6 Å². The molecule has 2 rings (SSSR count). The van der Waals surface area contributed by atoms with Gasteiger partial charge in [-0.25, -0.2) is 4.39 Å². The molecule has 86 valence electrons. The quantitative estimate of drug-likeness (QED) is 0.796. The highest BCUT2D eigenvalue weighted by molar-refractivity contribution is 5.73. The number of carboxylic acid groups (broad SMARTS) is 1. The van der Waals surface area contributed by atoms with E-state index in [1.807, 2.05) is 0 Å². The second-order valence-corrected chi connectivity index (χ2v) is 4.42. The minimum Gasteiger partial charge on any atom is -0.481 e. The summed E-state index contributed by atoms with van der Waals surface area (Å²) in [7, 11) is 0. The highest BCUT2D eigenvalue weighted by atomic mass is 19.1. The lowest BCUT2D eigenvalue weighted by Crippen LogP contribution is -2.37. The molecule has 3 nitrogen and oxygen atoms in total. The number of carbonyl (C=O) groups is 1. The maximum atomic E-state index is 13.7. The van der Waals surface area contributed by atoms with Crippen molar-refractivity contribution in [2.45, 2.75) is 12.3 Å². The van der Waals surface area contributed by atoms with Crippen LogP contribution in [0.4, 0.5) is 4.39 Å². The molecule has 0 saturated carbocycles. The summed E-state index contributed by atoms with van der Waals surface area (Å²) >= 11 is 0. The third-order valence-corrected chi connectivity index (χ3v) is 3.40. The maximum absolute atomic E-state index is 13.7. The van der Waals surface area contributed by atoms with Gasteiger partial charge in [0.1, 0.15) is 5.82 Å². The first-order valence-corrected chi connectivity index (χ1v) is 5.24. The van der Waals surface area contributed by atoms with Gasteiger partial charge < -0.3 is 10.4 Å². The molecule has 4 heteroatoms. The van der Waals surface area contributed by atoms with Crippen LogP contribution in [0.1, 0.15) is 12.5 Å². The Morgan fingerprint density at radius 2 is 2.25 bits per heavy atom. The minimum absolute atomic E-state index is 0.333. The van der Waals surface area contributed by atoms with Crippen LogP contribution in [0, 0.1) is 11.7 Å². The van der Waals surface area contributed by atoms with Crippen molar-refractivity contribution in [3.63, 3.8) is 0 Å². The molecule has 1 saturated heterocycles. The van der Waals surface area contributed by atoms with Crippen molar-refractivity contribution in [1.29, 1.82) is 0 Å². The fourth-order valence-electron chi connectivity index (χ4n) is 2.39. The Bertz CT molecular complexity index is 421. The van der Waals surface area contributed by atoms with Crippen molar-refractivity contribution >= 4 is 5.97 Å². The van der Waals surface area contributed by atoms with Crippen LogP contribution in [-0.4, -0.2) is 24.2 Å². The number of halogens is 1. The molecule has 2 N–H and O–H groups in total. The SMILES string of the molecule is CC1(c2ccccc2F)CNCC1C(=O)O. The molecule has 16 heavy (non-hydrogen) atoms. The fraction of sp³-hybridized carbons (Fsp3) is 0.417. The predicted octanol–water partition coefficient (Wildman–Crippen LogP) is 1.39. The van der Waals surface area contributed by atoms with E-state index in [-0.39, 0.29) is 5.82 Å². The molecule has 1 fully saturated rings. The molecule has 0 spiro atoms. The molecular formula is C12H14FNO2. The zero-order valence-corrected chi connectivity index (χ0v) is 9.03. The lowest BCUT2D eigenvalue weighted by Gasteiger charge is -2.28. The van der Waals surface area contributed by atoms with Gasteiger partial charge >= 0.3 is 5.97 Å². The topological polar surface area (TPSA) is 49.3 Å². The number of aliphatic carboxylic acids is 1. The summed E-state index contributed by atoms with van der Waals surface area (Å²) < 4.78 is 13.7. The van der Waals surface area contributed by atoms with E-state index >= 15 is 0 Å². The summed E-state index contributed by atoms with van der Waals surface area (Å²) in [6.45, 7) is 2.68. The van der Waals surface area contributed by atoms with Crippen LogP contribution in [-0.2, 0) is 10.2 Å². The van der Waals surface area contributed by atoms with Crippen LogP contribution in [0.15, 0.2) is 24.3 Å². The zero-order chi connectivity index (χ0) is 11.8. The summed E-state index contributed by atoms with van der Waals surface area (Å²) in [4.78, 5) is 11.1.